The van der Waals surface area contributed by atoms with Crippen LogP contribution in [0.1, 0.15) is 25.0 Å². The number of rotatable bonds is 7. The largest absolute Gasteiger partial charge is 0.366 e. The van der Waals surface area contributed by atoms with Crippen molar-refractivity contribution in [2.24, 2.45) is 0 Å². The van der Waals surface area contributed by atoms with E-state index in [0.717, 1.165) is 36.5 Å². The third kappa shape index (κ3) is 5.14. The minimum Gasteiger partial charge on any atom is -0.366 e. The van der Waals surface area contributed by atoms with Crippen molar-refractivity contribution >= 4 is 21.7 Å². The first-order chi connectivity index (χ1) is 10.2. The molecule has 1 N–H and O–H groups in total. The predicted octanol–water partition coefficient (Wildman–Crippen LogP) is 4.30. The lowest BCUT2D eigenvalue weighted by molar-refractivity contribution is 0.296. The normalized spacial score (nSPS) is 10.9. The van der Waals surface area contributed by atoms with Crippen molar-refractivity contribution in [1.29, 1.82) is 0 Å². The Morgan fingerprint density at radius 3 is 2.52 bits per heavy atom. The van der Waals surface area contributed by atoms with Crippen molar-refractivity contribution in [3.63, 3.8) is 0 Å². The summed E-state index contributed by atoms with van der Waals surface area (Å²) in [7, 11) is 0. The minimum absolute atomic E-state index is 0.792. The van der Waals surface area contributed by atoms with Gasteiger partial charge in [-0.25, -0.2) is 4.98 Å². The van der Waals surface area contributed by atoms with Crippen molar-refractivity contribution in [1.82, 2.24) is 9.88 Å². The molecule has 0 atom stereocenters. The smallest absolute Gasteiger partial charge is 0.126 e. The molecule has 0 saturated carbocycles. The van der Waals surface area contributed by atoms with Gasteiger partial charge in [0.05, 0.1) is 0 Å². The molecule has 1 heterocycles. The second kappa shape index (κ2) is 8.15. The van der Waals surface area contributed by atoms with Crippen molar-refractivity contribution in [2.45, 2.75) is 26.9 Å². The van der Waals surface area contributed by atoms with Gasteiger partial charge < -0.3 is 5.32 Å². The molecule has 3 nitrogen and oxygen atoms in total. The van der Waals surface area contributed by atoms with E-state index in [0.29, 0.717) is 0 Å². The van der Waals surface area contributed by atoms with E-state index in [2.05, 4.69) is 69.2 Å². The summed E-state index contributed by atoms with van der Waals surface area (Å²) in [5.74, 6) is 0.896. The van der Waals surface area contributed by atoms with Gasteiger partial charge in [-0.05, 0) is 52.3 Å². The number of hydrogen-bond donors (Lipinski definition) is 1. The Labute approximate surface area is 135 Å². The number of nitrogens with zero attached hydrogens (tertiary/aromatic N) is 2. The van der Waals surface area contributed by atoms with E-state index >= 15 is 0 Å². The Morgan fingerprint density at radius 2 is 1.86 bits per heavy atom. The van der Waals surface area contributed by atoms with Gasteiger partial charge in [0.1, 0.15) is 5.82 Å². The van der Waals surface area contributed by atoms with Crippen molar-refractivity contribution in [3.8, 4) is 0 Å². The zero-order valence-electron chi connectivity index (χ0n) is 12.6. The molecule has 0 aliphatic heterocycles. The topological polar surface area (TPSA) is 28.2 Å². The number of hydrogen-bond acceptors (Lipinski definition) is 3. The van der Waals surface area contributed by atoms with E-state index in [-0.39, 0.29) is 0 Å². The number of halogens is 1. The second-order valence-corrected chi connectivity index (χ2v) is 5.91. The van der Waals surface area contributed by atoms with Crippen LogP contribution in [0.25, 0.3) is 0 Å². The van der Waals surface area contributed by atoms with Gasteiger partial charge in [0, 0.05) is 23.8 Å². The summed E-state index contributed by atoms with van der Waals surface area (Å²) >= 11 is 3.39. The SMILES string of the molecule is CCN(CC)Cc1cccc(CNc2ccc(Br)cn2)c1. The van der Waals surface area contributed by atoms with Crippen LogP contribution in [0.15, 0.2) is 47.1 Å². The van der Waals surface area contributed by atoms with Crippen LogP contribution in [0.3, 0.4) is 0 Å². The van der Waals surface area contributed by atoms with Crippen LogP contribution in [-0.4, -0.2) is 23.0 Å². The molecule has 1 aromatic carbocycles. The Balaban J connectivity index is 1.95. The highest BCUT2D eigenvalue weighted by Gasteiger charge is 2.02. The fourth-order valence-electron chi connectivity index (χ4n) is 2.22. The molecular weight excluding hydrogens is 326 g/mol. The summed E-state index contributed by atoms with van der Waals surface area (Å²) in [5, 5.41) is 3.35. The first-order valence-corrected chi connectivity index (χ1v) is 8.16. The maximum atomic E-state index is 4.32. The Bertz CT molecular complexity index is 550. The zero-order valence-corrected chi connectivity index (χ0v) is 14.2. The van der Waals surface area contributed by atoms with Gasteiger partial charge in [-0.2, -0.15) is 0 Å². The fraction of sp³-hybridized carbons (Fsp3) is 0.353. The number of anilines is 1. The van der Waals surface area contributed by atoms with E-state index in [1.54, 1.807) is 6.20 Å². The van der Waals surface area contributed by atoms with Crippen molar-refractivity contribution < 1.29 is 0 Å². The van der Waals surface area contributed by atoms with Crippen LogP contribution in [-0.2, 0) is 13.1 Å². The molecule has 112 valence electrons. The van der Waals surface area contributed by atoms with E-state index < -0.39 is 0 Å². The fourth-order valence-corrected chi connectivity index (χ4v) is 2.45. The van der Waals surface area contributed by atoms with Gasteiger partial charge in [-0.1, -0.05) is 38.1 Å². The Hall–Kier alpha value is -1.39. The summed E-state index contributed by atoms with van der Waals surface area (Å²) in [6.45, 7) is 8.38. The van der Waals surface area contributed by atoms with Gasteiger partial charge in [0.2, 0.25) is 0 Å². The molecule has 0 amide bonds. The third-order valence-corrected chi connectivity index (χ3v) is 3.96. The van der Waals surface area contributed by atoms with E-state index in [4.69, 9.17) is 0 Å². The lowest BCUT2D eigenvalue weighted by Crippen LogP contribution is -2.22. The van der Waals surface area contributed by atoms with Gasteiger partial charge >= 0.3 is 0 Å². The quantitative estimate of drug-likeness (QED) is 0.809. The zero-order chi connectivity index (χ0) is 15.1. The number of aromatic nitrogens is 1. The molecule has 0 saturated heterocycles. The van der Waals surface area contributed by atoms with E-state index in [1.165, 1.54) is 11.1 Å². The maximum Gasteiger partial charge on any atom is 0.126 e. The molecule has 0 fully saturated rings. The molecule has 1 aromatic heterocycles. The van der Waals surface area contributed by atoms with E-state index in [1.807, 2.05) is 12.1 Å². The standard InChI is InChI=1S/C17H22BrN3/c1-3-21(4-2)13-15-7-5-6-14(10-15)11-19-17-9-8-16(18)12-20-17/h5-10,12H,3-4,11,13H2,1-2H3,(H,19,20). The average molecular weight is 348 g/mol. The van der Waals surface area contributed by atoms with Gasteiger partial charge in [0.15, 0.2) is 0 Å². The number of nitrogens with one attached hydrogen (secondary N) is 1. The molecule has 0 spiro atoms. The maximum absolute atomic E-state index is 4.32. The first kappa shape index (κ1) is 16.0. The molecule has 2 aromatic rings. The first-order valence-electron chi connectivity index (χ1n) is 7.37. The van der Waals surface area contributed by atoms with Crippen molar-refractivity contribution in [2.75, 3.05) is 18.4 Å². The van der Waals surface area contributed by atoms with Crippen LogP contribution >= 0.6 is 15.9 Å². The van der Waals surface area contributed by atoms with Crippen LogP contribution in [0.2, 0.25) is 0 Å². The molecule has 21 heavy (non-hydrogen) atoms. The Morgan fingerprint density at radius 1 is 1.10 bits per heavy atom. The molecule has 0 aliphatic carbocycles. The average Bonchev–Trinajstić information content (AvgIpc) is 2.52. The summed E-state index contributed by atoms with van der Waals surface area (Å²) in [4.78, 5) is 6.74. The highest BCUT2D eigenvalue weighted by atomic mass is 79.9. The van der Waals surface area contributed by atoms with Crippen LogP contribution < -0.4 is 5.32 Å². The van der Waals surface area contributed by atoms with Crippen molar-refractivity contribution in [3.05, 3.63) is 58.2 Å². The summed E-state index contributed by atoms with van der Waals surface area (Å²) < 4.78 is 0.995. The Kier molecular flexibility index (Phi) is 6.21. The lowest BCUT2D eigenvalue weighted by atomic mass is 10.1. The molecule has 2 rings (SSSR count). The highest BCUT2D eigenvalue weighted by Crippen LogP contribution is 2.13. The third-order valence-electron chi connectivity index (χ3n) is 3.49. The van der Waals surface area contributed by atoms with Crippen LogP contribution in [0.5, 0.6) is 0 Å². The highest BCUT2D eigenvalue weighted by molar-refractivity contribution is 9.10. The molecule has 0 radical (unpaired) electrons. The summed E-state index contributed by atoms with van der Waals surface area (Å²) in [6.07, 6.45) is 1.80. The monoisotopic (exact) mass is 347 g/mol. The summed E-state index contributed by atoms with van der Waals surface area (Å²) in [5.41, 5.74) is 2.64. The van der Waals surface area contributed by atoms with Crippen LogP contribution in [0, 0.1) is 0 Å². The van der Waals surface area contributed by atoms with Crippen LogP contribution in [0.4, 0.5) is 5.82 Å². The minimum atomic E-state index is 0.792. The second-order valence-electron chi connectivity index (χ2n) is 5.00. The van der Waals surface area contributed by atoms with Gasteiger partial charge in [-0.15, -0.1) is 0 Å². The van der Waals surface area contributed by atoms with Gasteiger partial charge in [-0.3, -0.25) is 4.90 Å². The molecule has 4 heteroatoms. The lowest BCUT2D eigenvalue weighted by Gasteiger charge is -2.18. The molecule has 0 aliphatic rings. The number of pyridine rings is 1. The van der Waals surface area contributed by atoms with Gasteiger partial charge in [0.25, 0.3) is 0 Å². The molecule has 0 unspecified atom stereocenters. The van der Waals surface area contributed by atoms with E-state index in [9.17, 15) is 0 Å². The predicted molar refractivity (Wildman–Crippen MR) is 92.3 cm³/mol. The molecular formula is C17H22BrN3. The summed E-state index contributed by atoms with van der Waals surface area (Å²) in [6, 6.07) is 12.7. The molecule has 0 bridgehead atoms. The number of benzene rings is 1.